The highest BCUT2D eigenvalue weighted by atomic mass is 127. The zero-order valence-corrected chi connectivity index (χ0v) is 32.5. The quantitative estimate of drug-likeness (QED) is 0.134. The fourth-order valence-electron chi connectivity index (χ4n) is 5.52. The lowest BCUT2D eigenvalue weighted by molar-refractivity contribution is -0.143. The first kappa shape index (κ1) is 36.4. The Kier molecular flexibility index (Phi) is 11.4. The maximum atomic E-state index is 14.2. The molecule has 0 spiro atoms. The molecule has 266 valence electrons. The van der Waals surface area contributed by atoms with E-state index in [2.05, 4.69) is 43.5 Å². The number of aromatic nitrogens is 1. The Labute approximate surface area is 318 Å². The number of carbonyl (C=O) groups is 2. The average molecular weight is 892 g/mol. The van der Waals surface area contributed by atoms with Crippen LogP contribution in [0.1, 0.15) is 43.5 Å². The lowest BCUT2D eigenvalue weighted by Crippen LogP contribution is -2.40. The third kappa shape index (κ3) is 7.79. The molecule has 0 saturated heterocycles. The van der Waals surface area contributed by atoms with Crippen molar-refractivity contribution in [2.75, 3.05) is 33.7 Å². The number of benzene rings is 3. The maximum Gasteiger partial charge on any atom is 0.343 e. The van der Waals surface area contributed by atoms with Crippen LogP contribution in [0.15, 0.2) is 74.1 Å². The van der Waals surface area contributed by atoms with Crippen LogP contribution in [0.3, 0.4) is 0 Å². The van der Waals surface area contributed by atoms with E-state index in [1.165, 1.54) is 23.0 Å². The van der Waals surface area contributed by atoms with Crippen molar-refractivity contribution in [1.29, 1.82) is 0 Å². The summed E-state index contributed by atoms with van der Waals surface area (Å²) < 4.78 is 42.1. The summed E-state index contributed by atoms with van der Waals surface area (Å²) in [5, 5.41) is 0. The minimum Gasteiger partial charge on any atom is -0.490 e. The number of nitrogens with zero attached hydrogens (tertiary/aromatic N) is 2. The number of ether oxygens (including phenoxy) is 7. The molecule has 0 radical (unpaired) electrons. The summed E-state index contributed by atoms with van der Waals surface area (Å²) >= 11 is 7.06. The van der Waals surface area contributed by atoms with Crippen LogP contribution in [0, 0.1) is 3.57 Å². The van der Waals surface area contributed by atoms with Gasteiger partial charge in [-0.1, -0.05) is 23.5 Å². The van der Waals surface area contributed by atoms with E-state index in [9.17, 15) is 14.4 Å². The fraction of sp³-hybridized carbons (Fsp3) is 0.278. The van der Waals surface area contributed by atoms with Crippen LogP contribution in [-0.4, -0.2) is 50.2 Å². The van der Waals surface area contributed by atoms with Crippen molar-refractivity contribution in [2.45, 2.75) is 33.4 Å². The van der Waals surface area contributed by atoms with Gasteiger partial charge in [0.25, 0.3) is 5.56 Å². The zero-order valence-electron chi connectivity index (χ0n) is 28.0. The van der Waals surface area contributed by atoms with Crippen LogP contribution >= 0.6 is 49.9 Å². The molecule has 15 heteroatoms. The van der Waals surface area contributed by atoms with Gasteiger partial charge in [0.15, 0.2) is 34.4 Å². The van der Waals surface area contributed by atoms with E-state index in [4.69, 9.17) is 33.2 Å². The summed E-state index contributed by atoms with van der Waals surface area (Å²) in [6, 6.07) is 13.6. The van der Waals surface area contributed by atoms with Crippen molar-refractivity contribution in [1.82, 2.24) is 4.57 Å². The Hall–Kier alpha value is -4.35. The minimum atomic E-state index is -0.879. The molecule has 3 aromatic carbocycles. The maximum absolute atomic E-state index is 14.2. The van der Waals surface area contributed by atoms with Crippen LogP contribution in [-0.2, 0) is 25.7 Å². The van der Waals surface area contributed by atoms with Crippen molar-refractivity contribution in [2.24, 2.45) is 4.99 Å². The van der Waals surface area contributed by atoms with Gasteiger partial charge < -0.3 is 33.2 Å². The third-order valence-corrected chi connectivity index (χ3v) is 10.2. The van der Waals surface area contributed by atoms with E-state index < -0.39 is 18.0 Å². The van der Waals surface area contributed by atoms with Gasteiger partial charge in [0.1, 0.15) is 12.4 Å². The van der Waals surface area contributed by atoms with Crippen molar-refractivity contribution in [3.63, 3.8) is 0 Å². The predicted molar refractivity (Wildman–Crippen MR) is 199 cm³/mol. The third-order valence-electron chi connectivity index (χ3n) is 7.81. The van der Waals surface area contributed by atoms with E-state index >= 15 is 0 Å². The van der Waals surface area contributed by atoms with E-state index in [1.54, 1.807) is 38.1 Å². The minimum absolute atomic E-state index is 0.140. The Morgan fingerprint density at radius 3 is 2.59 bits per heavy atom. The Morgan fingerprint density at radius 2 is 1.84 bits per heavy atom. The second-order valence-corrected chi connectivity index (χ2v) is 14.1. The number of carbonyl (C=O) groups excluding carboxylic acids is 2. The number of thiazole rings is 1. The van der Waals surface area contributed by atoms with Gasteiger partial charge in [-0.2, -0.15) is 0 Å². The van der Waals surface area contributed by atoms with Crippen LogP contribution in [0.2, 0.25) is 0 Å². The van der Waals surface area contributed by atoms with Gasteiger partial charge in [-0.3, -0.25) is 9.36 Å². The largest absolute Gasteiger partial charge is 0.490 e. The summed E-state index contributed by atoms with van der Waals surface area (Å²) in [6.45, 7) is 5.88. The summed E-state index contributed by atoms with van der Waals surface area (Å²) in [5.41, 5.74) is 2.57. The summed E-state index contributed by atoms with van der Waals surface area (Å²) in [4.78, 5) is 44.5. The van der Waals surface area contributed by atoms with E-state index in [1.807, 2.05) is 37.3 Å². The molecule has 2 aliphatic heterocycles. The summed E-state index contributed by atoms with van der Waals surface area (Å²) in [7, 11) is 1.27. The number of hydrogen-bond donors (Lipinski definition) is 0. The molecule has 4 aromatic rings. The van der Waals surface area contributed by atoms with E-state index in [0.29, 0.717) is 67.0 Å². The number of allylic oxidation sites excluding steroid dienone is 1. The zero-order chi connectivity index (χ0) is 36.2. The van der Waals surface area contributed by atoms with Crippen LogP contribution < -0.4 is 38.6 Å². The molecule has 12 nitrogen and oxygen atoms in total. The normalized spacial score (nSPS) is 14.9. The fourth-order valence-corrected chi connectivity index (χ4v) is 8.34. The summed E-state index contributed by atoms with van der Waals surface area (Å²) in [5.74, 6) is 1.55. The number of rotatable bonds is 12. The molecule has 1 aromatic heterocycles. The molecule has 3 heterocycles. The number of methoxy groups -OCH3 is 1. The molecule has 6 rings (SSSR count). The molecular weight excluding hydrogens is 859 g/mol. The number of halogens is 2. The topological polar surface area (TPSA) is 133 Å². The van der Waals surface area contributed by atoms with Gasteiger partial charge in [-0.25, -0.2) is 14.6 Å². The van der Waals surface area contributed by atoms with Crippen LogP contribution in [0.5, 0.6) is 28.7 Å². The molecule has 0 amide bonds. The molecule has 0 saturated carbocycles. The van der Waals surface area contributed by atoms with Crippen molar-refractivity contribution >= 4 is 67.9 Å². The van der Waals surface area contributed by atoms with Crippen molar-refractivity contribution < 1.29 is 42.7 Å². The lowest BCUT2D eigenvalue weighted by Gasteiger charge is -2.25. The van der Waals surface area contributed by atoms with Crippen LogP contribution in [0.25, 0.3) is 6.08 Å². The smallest absolute Gasteiger partial charge is 0.343 e. The summed E-state index contributed by atoms with van der Waals surface area (Å²) in [6.07, 6.45) is 1.79. The Morgan fingerprint density at radius 1 is 1.04 bits per heavy atom. The van der Waals surface area contributed by atoms with Gasteiger partial charge in [-0.15, -0.1) is 0 Å². The molecule has 0 unspecified atom stereocenters. The number of hydrogen-bond acceptors (Lipinski definition) is 12. The van der Waals surface area contributed by atoms with Gasteiger partial charge in [0.05, 0.1) is 50.2 Å². The van der Waals surface area contributed by atoms with Crippen molar-refractivity contribution in [3.8, 4) is 28.7 Å². The Bertz CT molecular complexity index is 2210. The molecule has 0 fully saturated rings. The monoisotopic (exact) mass is 890 g/mol. The van der Waals surface area contributed by atoms with E-state index in [0.717, 1.165) is 14.7 Å². The van der Waals surface area contributed by atoms with Gasteiger partial charge in [0, 0.05) is 0 Å². The molecule has 1 atom stereocenters. The molecule has 0 aliphatic carbocycles. The van der Waals surface area contributed by atoms with Gasteiger partial charge in [0.2, 0.25) is 6.79 Å². The first-order valence-electron chi connectivity index (χ1n) is 15.8. The number of esters is 2. The highest BCUT2D eigenvalue weighted by Gasteiger charge is 2.34. The molecule has 2 aliphatic rings. The predicted octanol–water partition coefficient (Wildman–Crippen LogP) is 5.42. The first-order chi connectivity index (χ1) is 24.6. The standard InChI is InChI=1S/C36H32BrIN2O10S/c1-5-45-28-15-22(8-10-25(28)47-17-30(41)44-4)32-31(35(43)46-6-2)19(3)39-36-40(32)34(42)29(51-36)14-21-11-23(37)33(24(38)12-21)48-16-20-7-9-26-27(13-20)50-18-49-26/h7-15,32H,5-6,16-18H2,1-4H3/b29-14-/t32-/m0/s1. The SMILES string of the molecule is CCOC(=O)C1=C(C)N=c2s/c(=C\c3cc(Br)c(OCc4ccc5c(c4)OCO5)c(I)c3)c(=O)n2[C@H]1c1ccc(OCC(=O)OC)c(OCC)c1. The van der Waals surface area contributed by atoms with Gasteiger partial charge in [-0.05, 0) is 118 Å². The van der Waals surface area contributed by atoms with Gasteiger partial charge >= 0.3 is 11.9 Å². The van der Waals surface area contributed by atoms with Crippen LogP contribution in [0.4, 0.5) is 0 Å². The second-order valence-electron chi connectivity index (χ2n) is 11.1. The highest BCUT2D eigenvalue weighted by Crippen LogP contribution is 2.38. The Balaban J connectivity index is 1.37. The molecule has 51 heavy (non-hydrogen) atoms. The molecule has 0 bridgehead atoms. The highest BCUT2D eigenvalue weighted by molar-refractivity contribution is 14.1. The van der Waals surface area contributed by atoms with Crippen molar-refractivity contribution in [3.05, 3.63) is 104 Å². The first-order valence-corrected chi connectivity index (χ1v) is 18.5. The molecule has 0 N–H and O–H groups in total. The number of fused-ring (bicyclic) bond motifs is 2. The average Bonchev–Trinajstić information content (AvgIpc) is 3.70. The van der Waals surface area contributed by atoms with E-state index in [-0.39, 0.29) is 31.1 Å². The second kappa shape index (κ2) is 15.9. The molecular formula is C36H32BrIN2O10S. The lowest BCUT2D eigenvalue weighted by atomic mass is 9.95.